The summed E-state index contributed by atoms with van der Waals surface area (Å²) in [5.41, 5.74) is 0. The van der Waals surface area contributed by atoms with Gasteiger partial charge < -0.3 is 14.6 Å². The van der Waals surface area contributed by atoms with Crippen molar-refractivity contribution < 1.29 is 28.6 Å². The fourth-order valence-electron chi connectivity index (χ4n) is 2.04. The van der Waals surface area contributed by atoms with Crippen molar-refractivity contribution in [2.75, 3.05) is 14.2 Å². The SMILES string of the molecule is COc1cc2sc(C(=O)C[C@@H](C)C(=O)O)cc2c(F)c1OC. The molecule has 0 radical (unpaired) electrons. The van der Waals surface area contributed by atoms with Gasteiger partial charge in [-0.2, -0.15) is 0 Å². The fraction of sp³-hybridized carbons (Fsp3) is 0.333. The number of benzene rings is 1. The highest BCUT2D eigenvalue weighted by atomic mass is 32.1. The molecule has 7 heteroatoms. The quantitative estimate of drug-likeness (QED) is 0.824. The van der Waals surface area contributed by atoms with E-state index in [1.807, 2.05) is 0 Å². The number of aliphatic carboxylic acids is 1. The van der Waals surface area contributed by atoms with E-state index in [1.165, 1.54) is 27.2 Å². The minimum absolute atomic E-state index is 0.0225. The number of fused-ring (bicyclic) bond motifs is 1. The van der Waals surface area contributed by atoms with Crippen LogP contribution in [0.3, 0.4) is 0 Å². The summed E-state index contributed by atoms with van der Waals surface area (Å²) < 4.78 is 25.0. The number of hydrogen-bond donors (Lipinski definition) is 1. The number of Topliss-reactive ketones (excluding diaryl/α,β-unsaturated/α-hetero) is 1. The summed E-state index contributed by atoms with van der Waals surface area (Å²) in [6.45, 7) is 1.46. The van der Waals surface area contributed by atoms with Crippen molar-refractivity contribution in [3.63, 3.8) is 0 Å². The molecule has 22 heavy (non-hydrogen) atoms. The van der Waals surface area contributed by atoms with Crippen LogP contribution in [0.1, 0.15) is 23.0 Å². The number of rotatable bonds is 6. The van der Waals surface area contributed by atoms with E-state index in [0.29, 0.717) is 9.58 Å². The predicted molar refractivity (Wildman–Crippen MR) is 80.6 cm³/mol. The zero-order valence-corrected chi connectivity index (χ0v) is 13.1. The Morgan fingerprint density at radius 1 is 1.32 bits per heavy atom. The zero-order chi connectivity index (χ0) is 16.4. The van der Waals surface area contributed by atoms with Gasteiger partial charge in [0.15, 0.2) is 23.1 Å². The third kappa shape index (κ3) is 2.89. The van der Waals surface area contributed by atoms with Crippen molar-refractivity contribution >= 4 is 33.2 Å². The smallest absolute Gasteiger partial charge is 0.306 e. The molecule has 0 spiro atoms. The van der Waals surface area contributed by atoms with Gasteiger partial charge in [-0.15, -0.1) is 11.3 Å². The number of halogens is 1. The number of hydrogen-bond acceptors (Lipinski definition) is 5. The van der Waals surface area contributed by atoms with Crippen molar-refractivity contribution in [2.45, 2.75) is 13.3 Å². The van der Waals surface area contributed by atoms with Gasteiger partial charge in [0.2, 0.25) is 0 Å². The van der Waals surface area contributed by atoms with Crippen molar-refractivity contribution in [1.82, 2.24) is 0 Å². The minimum Gasteiger partial charge on any atom is -0.493 e. The fourth-order valence-corrected chi connectivity index (χ4v) is 3.08. The summed E-state index contributed by atoms with van der Waals surface area (Å²) in [5.74, 6) is -2.53. The molecule has 1 heterocycles. The molecule has 0 aliphatic heterocycles. The van der Waals surface area contributed by atoms with Gasteiger partial charge in [-0.25, -0.2) is 4.39 Å². The van der Waals surface area contributed by atoms with E-state index in [-0.39, 0.29) is 29.1 Å². The normalized spacial score (nSPS) is 12.2. The molecule has 0 saturated heterocycles. The monoisotopic (exact) mass is 326 g/mol. The van der Waals surface area contributed by atoms with Gasteiger partial charge >= 0.3 is 5.97 Å². The lowest BCUT2D eigenvalue weighted by Gasteiger charge is -2.08. The summed E-state index contributed by atoms with van der Waals surface area (Å²) in [5, 5.41) is 9.11. The number of thiophene rings is 1. The van der Waals surface area contributed by atoms with E-state index in [1.54, 1.807) is 6.07 Å². The molecule has 5 nitrogen and oxygen atoms in total. The molecule has 0 fully saturated rings. The molecule has 0 bridgehead atoms. The second-order valence-electron chi connectivity index (χ2n) is 4.82. The Hall–Kier alpha value is -2.15. The van der Waals surface area contributed by atoms with Gasteiger partial charge in [0.05, 0.1) is 25.0 Å². The van der Waals surface area contributed by atoms with Crippen LogP contribution in [-0.2, 0) is 4.79 Å². The summed E-state index contributed by atoms with van der Waals surface area (Å²) in [6, 6.07) is 3.02. The molecule has 1 aromatic carbocycles. The number of methoxy groups -OCH3 is 2. The van der Waals surface area contributed by atoms with Crippen LogP contribution in [0.25, 0.3) is 10.1 Å². The van der Waals surface area contributed by atoms with Crippen LogP contribution >= 0.6 is 11.3 Å². The molecule has 0 aliphatic carbocycles. The third-order valence-electron chi connectivity index (χ3n) is 3.29. The number of ether oxygens (including phenoxy) is 2. The lowest BCUT2D eigenvalue weighted by Crippen LogP contribution is -2.13. The van der Waals surface area contributed by atoms with Crippen molar-refractivity contribution in [3.05, 3.63) is 22.8 Å². The minimum atomic E-state index is -1.04. The Morgan fingerprint density at radius 2 is 2.00 bits per heavy atom. The lowest BCUT2D eigenvalue weighted by molar-refractivity contribution is -0.141. The van der Waals surface area contributed by atoms with Gasteiger partial charge in [0, 0.05) is 22.6 Å². The molecule has 2 rings (SSSR count). The number of carbonyl (C=O) groups is 2. The van der Waals surface area contributed by atoms with Crippen molar-refractivity contribution in [1.29, 1.82) is 0 Å². The molecule has 2 aromatic rings. The number of carboxylic acids is 1. The highest BCUT2D eigenvalue weighted by Crippen LogP contribution is 2.40. The Labute approximate surface area is 130 Å². The maximum Gasteiger partial charge on any atom is 0.306 e. The molecular formula is C15H15FO5S. The van der Waals surface area contributed by atoms with Gasteiger partial charge in [0.25, 0.3) is 0 Å². The second-order valence-corrected chi connectivity index (χ2v) is 5.90. The maximum absolute atomic E-state index is 14.4. The third-order valence-corrected chi connectivity index (χ3v) is 4.42. The second kappa shape index (κ2) is 6.31. The van der Waals surface area contributed by atoms with Gasteiger partial charge in [-0.1, -0.05) is 6.92 Å². The van der Waals surface area contributed by atoms with Crippen LogP contribution in [0.4, 0.5) is 4.39 Å². The molecule has 0 unspecified atom stereocenters. The standard InChI is InChI=1S/C15H15FO5S/c1-7(15(18)19)4-9(17)12-5-8-11(22-12)6-10(20-2)14(21-3)13(8)16/h5-7H,4H2,1-3H3,(H,18,19)/t7-/m1/s1. The maximum atomic E-state index is 14.4. The Balaban J connectivity index is 2.44. The average Bonchev–Trinajstić information content (AvgIpc) is 2.91. The van der Waals surface area contributed by atoms with Crippen LogP contribution in [0, 0.1) is 11.7 Å². The summed E-state index contributed by atoms with van der Waals surface area (Å²) in [4.78, 5) is 23.2. The molecule has 1 aromatic heterocycles. The van der Waals surface area contributed by atoms with E-state index >= 15 is 0 Å². The van der Waals surface area contributed by atoms with E-state index in [9.17, 15) is 14.0 Å². The first-order chi connectivity index (χ1) is 10.4. The first-order valence-electron chi connectivity index (χ1n) is 6.49. The molecule has 1 atom stereocenters. The van der Waals surface area contributed by atoms with E-state index in [2.05, 4.69) is 0 Å². The average molecular weight is 326 g/mol. The first kappa shape index (κ1) is 16.2. The lowest BCUT2D eigenvalue weighted by atomic mass is 10.0. The van der Waals surface area contributed by atoms with Crippen molar-refractivity contribution in [3.8, 4) is 11.5 Å². The highest BCUT2D eigenvalue weighted by Gasteiger charge is 2.22. The number of ketones is 1. The van der Waals surface area contributed by atoms with Crippen LogP contribution in [-0.4, -0.2) is 31.1 Å². The molecule has 1 N–H and O–H groups in total. The van der Waals surface area contributed by atoms with Gasteiger partial charge in [-0.3, -0.25) is 9.59 Å². The summed E-state index contributed by atoms with van der Waals surface area (Å²) in [6.07, 6.45) is -0.127. The zero-order valence-electron chi connectivity index (χ0n) is 12.3. The van der Waals surface area contributed by atoms with E-state index in [4.69, 9.17) is 14.6 Å². The Bertz CT molecular complexity index is 737. The van der Waals surface area contributed by atoms with Crippen LogP contribution < -0.4 is 9.47 Å². The van der Waals surface area contributed by atoms with E-state index < -0.39 is 17.7 Å². The van der Waals surface area contributed by atoms with Crippen LogP contribution in [0.5, 0.6) is 11.5 Å². The van der Waals surface area contributed by atoms with Gasteiger partial charge in [0.1, 0.15) is 0 Å². The number of carbonyl (C=O) groups excluding carboxylic acids is 1. The first-order valence-corrected chi connectivity index (χ1v) is 7.30. The van der Waals surface area contributed by atoms with Crippen LogP contribution in [0.15, 0.2) is 12.1 Å². The summed E-state index contributed by atoms with van der Waals surface area (Å²) >= 11 is 1.10. The largest absolute Gasteiger partial charge is 0.493 e. The van der Waals surface area contributed by atoms with Crippen LogP contribution in [0.2, 0.25) is 0 Å². The molecule has 0 aliphatic rings. The molecule has 118 valence electrons. The topological polar surface area (TPSA) is 72.8 Å². The summed E-state index contributed by atoms with van der Waals surface area (Å²) in [7, 11) is 2.73. The van der Waals surface area contributed by atoms with Gasteiger partial charge in [-0.05, 0) is 6.07 Å². The van der Waals surface area contributed by atoms with Crippen molar-refractivity contribution in [2.24, 2.45) is 5.92 Å². The molecule has 0 saturated carbocycles. The number of carboxylic acid groups (broad SMARTS) is 1. The van der Waals surface area contributed by atoms with E-state index in [0.717, 1.165) is 11.3 Å². The molecular weight excluding hydrogens is 311 g/mol. The Kier molecular flexibility index (Phi) is 4.65. The predicted octanol–water partition coefficient (Wildman–Crippen LogP) is 3.35. The highest BCUT2D eigenvalue weighted by molar-refractivity contribution is 7.20. The Morgan fingerprint density at radius 3 is 2.55 bits per heavy atom. The molecule has 0 amide bonds.